The molecule has 0 aliphatic rings. The van der Waals surface area contributed by atoms with Crippen molar-refractivity contribution >= 4 is 0 Å². The van der Waals surface area contributed by atoms with E-state index in [0.29, 0.717) is 17.8 Å². The van der Waals surface area contributed by atoms with Crippen LogP contribution in [-0.4, -0.2) is 15.2 Å². The molecule has 2 rings (SSSR count). The average molecular weight is 224 g/mol. The van der Waals surface area contributed by atoms with E-state index >= 15 is 0 Å². The Kier molecular flexibility index (Phi) is 2.91. The van der Waals surface area contributed by atoms with Gasteiger partial charge in [-0.1, -0.05) is 0 Å². The third kappa shape index (κ3) is 2.40. The molecule has 1 heterocycles. The van der Waals surface area contributed by atoms with Gasteiger partial charge >= 0.3 is 0 Å². The van der Waals surface area contributed by atoms with E-state index in [4.69, 9.17) is 5.73 Å². The molecule has 1 aromatic heterocycles. The lowest BCUT2D eigenvalue weighted by Crippen LogP contribution is -2.15. The van der Waals surface area contributed by atoms with Gasteiger partial charge in [0.1, 0.15) is 23.8 Å². The van der Waals surface area contributed by atoms with Crippen LogP contribution < -0.4 is 5.73 Å². The van der Waals surface area contributed by atoms with Gasteiger partial charge in [0.25, 0.3) is 0 Å². The van der Waals surface area contributed by atoms with Gasteiger partial charge in [0.15, 0.2) is 0 Å². The van der Waals surface area contributed by atoms with E-state index in [9.17, 15) is 8.78 Å². The number of halogens is 2. The molecule has 0 fully saturated rings. The number of hydrogen-bond acceptors (Lipinski definition) is 3. The van der Waals surface area contributed by atoms with Gasteiger partial charge in [-0.2, -0.15) is 5.10 Å². The fourth-order valence-electron chi connectivity index (χ4n) is 1.47. The largest absolute Gasteiger partial charge is 0.321 e. The normalized spacial score (nSPS) is 12.7. The van der Waals surface area contributed by atoms with Gasteiger partial charge in [-0.15, -0.1) is 0 Å². The molecule has 1 unspecified atom stereocenters. The van der Waals surface area contributed by atoms with Crippen molar-refractivity contribution in [1.82, 2.24) is 15.2 Å². The summed E-state index contributed by atoms with van der Waals surface area (Å²) in [6.07, 6.45) is 1.63. The summed E-state index contributed by atoms with van der Waals surface area (Å²) in [6.45, 7) is 0. The quantitative estimate of drug-likeness (QED) is 0.826. The van der Waals surface area contributed by atoms with E-state index < -0.39 is 17.7 Å². The Hall–Kier alpha value is -1.82. The molecule has 0 aliphatic heterocycles. The molecule has 0 amide bonds. The van der Waals surface area contributed by atoms with Gasteiger partial charge < -0.3 is 5.73 Å². The first-order valence-electron chi connectivity index (χ1n) is 4.71. The minimum absolute atomic E-state index is 0.296. The topological polar surface area (TPSA) is 67.6 Å². The molecule has 2 aromatic rings. The maximum absolute atomic E-state index is 12.9. The second-order valence-electron chi connectivity index (χ2n) is 3.46. The van der Waals surface area contributed by atoms with Crippen LogP contribution in [0.1, 0.15) is 17.4 Å². The lowest BCUT2D eigenvalue weighted by Gasteiger charge is -2.08. The Morgan fingerprint density at radius 2 is 1.94 bits per heavy atom. The predicted octanol–water partition coefficient (Wildman–Crippen LogP) is 1.33. The smallest absolute Gasteiger partial charge is 0.141 e. The summed E-state index contributed by atoms with van der Waals surface area (Å²) in [7, 11) is 0. The monoisotopic (exact) mass is 224 g/mol. The zero-order chi connectivity index (χ0) is 11.5. The molecule has 0 saturated carbocycles. The number of hydrogen-bond donors (Lipinski definition) is 2. The zero-order valence-electron chi connectivity index (χ0n) is 8.32. The first-order valence-corrected chi connectivity index (χ1v) is 4.71. The van der Waals surface area contributed by atoms with Gasteiger partial charge in [0.2, 0.25) is 0 Å². The van der Waals surface area contributed by atoms with E-state index in [2.05, 4.69) is 15.2 Å². The number of nitrogens with zero attached hydrogens (tertiary/aromatic N) is 2. The molecule has 0 bridgehead atoms. The van der Waals surface area contributed by atoms with Crippen molar-refractivity contribution in [2.24, 2.45) is 5.73 Å². The average Bonchev–Trinajstić information content (AvgIpc) is 2.68. The Balaban J connectivity index is 2.15. The molecule has 1 atom stereocenters. The highest BCUT2D eigenvalue weighted by atomic mass is 19.1. The van der Waals surface area contributed by atoms with E-state index in [-0.39, 0.29) is 0 Å². The van der Waals surface area contributed by atoms with E-state index in [0.717, 1.165) is 6.07 Å². The summed E-state index contributed by atoms with van der Waals surface area (Å²) in [5.41, 5.74) is 6.28. The van der Waals surface area contributed by atoms with E-state index in [1.165, 1.54) is 18.5 Å². The van der Waals surface area contributed by atoms with Crippen molar-refractivity contribution in [3.63, 3.8) is 0 Å². The summed E-state index contributed by atoms with van der Waals surface area (Å²) < 4.78 is 25.8. The van der Waals surface area contributed by atoms with Crippen molar-refractivity contribution in [3.05, 3.63) is 47.5 Å². The van der Waals surface area contributed by atoms with Crippen LogP contribution in [-0.2, 0) is 6.42 Å². The number of nitrogens with two attached hydrogens (primary N) is 1. The number of H-pyrrole nitrogens is 1. The molecule has 0 radical (unpaired) electrons. The molecule has 0 saturated heterocycles. The summed E-state index contributed by atoms with van der Waals surface area (Å²) in [6, 6.07) is 2.87. The van der Waals surface area contributed by atoms with Crippen LogP contribution in [0.4, 0.5) is 8.78 Å². The highest BCUT2D eigenvalue weighted by molar-refractivity contribution is 5.19. The second kappa shape index (κ2) is 4.36. The van der Waals surface area contributed by atoms with Crippen LogP contribution in [0, 0.1) is 11.6 Å². The maximum atomic E-state index is 12.9. The molecular weight excluding hydrogens is 214 g/mol. The Labute approximate surface area is 90.5 Å². The lowest BCUT2D eigenvalue weighted by atomic mass is 10.1. The molecule has 3 N–H and O–H groups in total. The Bertz CT molecular complexity index is 449. The lowest BCUT2D eigenvalue weighted by molar-refractivity contribution is 0.574. The predicted molar refractivity (Wildman–Crippen MR) is 53.4 cm³/mol. The van der Waals surface area contributed by atoms with Gasteiger partial charge in [0, 0.05) is 6.07 Å². The number of rotatable bonds is 3. The van der Waals surface area contributed by atoms with Crippen LogP contribution in [0.25, 0.3) is 0 Å². The summed E-state index contributed by atoms with van der Waals surface area (Å²) >= 11 is 0. The maximum Gasteiger partial charge on any atom is 0.141 e. The fraction of sp³-hybridized carbons (Fsp3) is 0.200. The minimum atomic E-state index is -0.611. The van der Waals surface area contributed by atoms with E-state index in [1.54, 1.807) is 0 Å². The van der Waals surface area contributed by atoms with Gasteiger partial charge in [-0.25, -0.2) is 13.8 Å². The van der Waals surface area contributed by atoms with Crippen molar-refractivity contribution in [1.29, 1.82) is 0 Å². The van der Waals surface area contributed by atoms with E-state index in [1.807, 2.05) is 0 Å². The molecule has 6 heteroatoms. The summed E-state index contributed by atoms with van der Waals surface area (Å²) in [5, 5.41) is 6.27. The molecule has 1 aromatic carbocycles. The SMILES string of the molecule is NC(Cc1cc(F)cc(F)c1)c1ncn[nH]1. The molecule has 16 heavy (non-hydrogen) atoms. The second-order valence-corrected chi connectivity index (χ2v) is 3.46. The molecular formula is C10H10F2N4. The highest BCUT2D eigenvalue weighted by Crippen LogP contribution is 2.14. The summed E-state index contributed by atoms with van der Waals surface area (Å²) in [5.74, 6) is -0.732. The molecule has 4 nitrogen and oxygen atoms in total. The van der Waals surface area contributed by atoms with Crippen LogP contribution in [0.3, 0.4) is 0 Å². The third-order valence-electron chi connectivity index (χ3n) is 2.16. The molecule has 84 valence electrons. The van der Waals surface area contributed by atoms with Gasteiger partial charge in [-0.3, -0.25) is 5.10 Å². The standard InChI is InChI=1S/C10H10F2N4/c11-7-1-6(2-8(12)4-7)3-9(13)10-14-5-15-16-10/h1-2,4-5,9H,3,13H2,(H,14,15,16). The first kappa shape index (κ1) is 10.7. The number of nitrogens with one attached hydrogen (secondary N) is 1. The number of aromatic nitrogens is 3. The first-order chi connectivity index (χ1) is 7.65. The van der Waals surface area contributed by atoms with Crippen LogP contribution in [0.15, 0.2) is 24.5 Å². The number of benzene rings is 1. The van der Waals surface area contributed by atoms with Crippen molar-refractivity contribution in [2.45, 2.75) is 12.5 Å². The van der Waals surface area contributed by atoms with Crippen molar-refractivity contribution < 1.29 is 8.78 Å². The highest BCUT2D eigenvalue weighted by Gasteiger charge is 2.11. The van der Waals surface area contributed by atoms with Crippen molar-refractivity contribution in [3.8, 4) is 0 Å². The van der Waals surface area contributed by atoms with Gasteiger partial charge in [-0.05, 0) is 24.1 Å². The van der Waals surface area contributed by atoms with Gasteiger partial charge in [0.05, 0.1) is 6.04 Å². The van der Waals surface area contributed by atoms with Crippen LogP contribution in [0.5, 0.6) is 0 Å². The van der Waals surface area contributed by atoms with Crippen molar-refractivity contribution in [2.75, 3.05) is 0 Å². The molecule has 0 spiro atoms. The summed E-state index contributed by atoms with van der Waals surface area (Å²) in [4.78, 5) is 3.88. The third-order valence-corrected chi connectivity index (χ3v) is 2.16. The van der Waals surface area contributed by atoms with Crippen LogP contribution >= 0.6 is 0 Å². The Morgan fingerprint density at radius 3 is 2.50 bits per heavy atom. The molecule has 0 aliphatic carbocycles. The minimum Gasteiger partial charge on any atom is -0.321 e. The number of aromatic amines is 1. The van der Waals surface area contributed by atoms with Crippen LogP contribution in [0.2, 0.25) is 0 Å². The zero-order valence-corrected chi connectivity index (χ0v) is 8.32. The Morgan fingerprint density at radius 1 is 1.25 bits per heavy atom. The fourth-order valence-corrected chi connectivity index (χ4v) is 1.47.